The van der Waals surface area contributed by atoms with E-state index in [0.717, 1.165) is 18.9 Å². The lowest BCUT2D eigenvalue weighted by atomic mass is 10.1. The van der Waals surface area contributed by atoms with Crippen LogP contribution in [0.15, 0.2) is 71.3 Å². The highest BCUT2D eigenvalue weighted by atomic mass is 79.9. The van der Waals surface area contributed by atoms with Crippen LogP contribution in [0.5, 0.6) is 0 Å². The Bertz CT molecular complexity index is 1030. The Labute approximate surface area is 184 Å². The van der Waals surface area contributed by atoms with Crippen molar-refractivity contribution in [3.8, 4) is 0 Å². The van der Waals surface area contributed by atoms with E-state index in [1.807, 2.05) is 18.2 Å². The normalized spacial score (nSPS) is 10.4. The first-order valence-corrected chi connectivity index (χ1v) is 10.5. The van der Waals surface area contributed by atoms with Gasteiger partial charge in [0.1, 0.15) is 5.82 Å². The van der Waals surface area contributed by atoms with Crippen LogP contribution in [0.1, 0.15) is 34.6 Å². The Balaban J connectivity index is 1.76. The molecule has 6 nitrogen and oxygen atoms in total. The number of rotatable bonds is 7. The topological polar surface area (TPSA) is 74.3 Å². The summed E-state index contributed by atoms with van der Waals surface area (Å²) in [7, 11) is 0. The number of anilines is 3. The van der Waals surface area contributed by atoms with E-state index in [9.17, 15) is 9.59 Å². The second-order valence-corrected chi connectivity index (χ2v) is 7.37. The van der Waals surface area contributed by atoms with Crippen molar-refractivity contribution in [2.75, 3.05) is 28.6 Å². The fraction of sp³-hybridized carbons (Fsp3) is 0.174. The Hall–Kier alpha value is -3.19. The van der Waals surface area contributed by atoms with Crippen molar-refractivity contribution in [2.45, 2.75) is 13.8 Å². The van der Waals surface area contributed by atoms with E-state index in [-0.39, 0.29) is 11.8 Å². The minimum atomic E-state index is -0.324. The predicted octanol–water partition coefficient (Wildman–Crippen LogP) is 5.19. The number of carbonyl (C=O) groups is 2. The first-order valence-electron chi connectivity index (χ1n) is 9.70. The number of amides is 2. The number of nitrogens with one attached hydrogen (secondary N) is 2. The lowest BCUT2D eigenvalue weighted by molar-refractivity contribution is 0.102. The summed E-state index contributed by atoms with van der Waals surface area (Å²) in [4.78, 5) is 32.0. The molecule has 0 saturated carbocycles. The largest absolute Gasteiger partial charge is 0.357 e. The molecule has 0 spiro atoms. The highest BCUT2D eigenvalue weighted by Crippen LogP contribution is 2.22. The minimum Gasteiger partial charge on any atom is -0.357 e. The van der Waals surface area contributed by atoms with Gasteiger partial charge in [0, 0.05) is 17.6 Å². The molecule has 0 aliphatic rings. The third kappa shape index (κ3) is 5.04. The molecule has 0 saturated heterocycles. The molecule has 7 heteroatoms. The number of nitrogens with zero attached hydrogens (tertiary/aromatic N) is 2. The third-order valence-electron chi connectivity index (χ3n) is 4.63. The summed E-state index contributed by atoms with van der Waals surface area (Å²) in [6.45, 7) is 5.86. The molecule has 0 atom stereocenters. The van der Waals surface area contributed by atoms with E-state index in [0.29, 0.717) is 27.0 Å². The molecule has 1 heterocycles. The molecule has 154 valence electrons. The molecule has 3 aromatic rings. The van der Waals surface area contributed by atoms with Crippen LogP contribution in [0.25, 0.3) is 0 Å². The van der Waals surface area contributed by atoms with Gasteiger partial charge in [-0.15, -0.1) is 0 Å². The van der Waals surface area contributed by atoms with Crippen LogP contribution in [0.4, 0.5) is 17.2 Å². The van der Waals surface area contributed by atoms with Crippen LogP contribution in [-0.4, -0.2) is 29.9 Å². The van der Waals surface area contributed by atoms with Gasteiger partial charge in [-0.2, -0.15) is 0 Å². The average molecular weight is 467 g/mol. The molecule has 0 aliphatic heterocycles. The summed E-state index contributed by atoms with van der Waals surface area (Å²) in [5.41, 5.74) is 1.88. The third-order valence-corrected chi connectivity index (χ3v) is 5.32. The Kier molecular flexibility index (Phi) is 7.19. The van der Waals surface area contributed by atoms with Crippen molar-refractivity contribution in [3.05, 3.63) is 82.5 Å². The Morgan fingerprint density at radius 3 is 2.13 bits per heavy atom. The van der Waals surface area contributed by atoms with Crippen LogP contribution in [0.3, 0.4) is 0 Å². The van der Waals surface area contributed by atoms with Crippen LogP contribution in [-0.2, 0) is 0 Å². The molecule has 0 unspecified atom stereocenters. The van der Waals surface area contributed by atoms with E-state index in [1.165, 1.54) is 0 Å². The molecule has 0 fully saturated rings. The number of pyridine rings is 1. The van der Waals surface area contributed by atoms with Gasteiger partial charge in [-0.3, -0.25) is 9.59 Å². The van der Waals surface area contributed by atoms with Crippen molar-refractivity contribution in [1.82, 2.24) is 4.98 Å². The molecule has 1 aromatic heterocycles. The molecule has 0 aliphatic carbocycles. The van der Waals surface area contributed by atoms with Gasteiger partial charge in [0.15, 0.2) is 0 Å². The van der Waals surface area contributed by atoms with Crippen molar-refractivity contribution in [1.29, 1.82) is 0 Å². The Morgan fingerprint density at radius 1 is 0.867 bits per heavy atom. The minimum absolute atomic E-state index is 0.298. The van der Waals surface area contributed by atoms with Gasteiger partial charge in [0.05, 0.1) is 28.7 Å². The second kappa shape index (κ2) is 10.0. The summed E-state index contributed by atoms with van der Waals surface area (Å²) in [6, 6.07) is 17.7. The van der Waals surface area contributed by atoms with Gasteiger partial charge in [-0.25, -0.2) is 4.98 Å². The predicted molar refractivity (Wildman–Crippen MR) is 124 cm³/mol. The number of benzene rings is 2. The zero-order chi connectivity index (χ0) is 21.5. The van der Waals surface area contributed by atoms with Crippen molar-refractivity contribution >= 4 is 44.9 Å². The van der Waals surface area contributed by atoms with E-state index >= 15 is 0 Å². The van der Waals surface area contributed by atoms with Crippen molar-refractivity contribution < 1.29 is 9.59 Å². The summed E-state index contributed by atoms with van der Waals surface area (Å²) in [6.07, 6.45) is 1.63. The smallest absolute Gasteiger partial charge is 0.257 e. The lowest BCUT2D eigenvalue weighted by Crippen LogP contribution is -2.23. The molecular weight excluding hydrogens is 444 g/mol. The maximum atomic E-state index is 12.8. The van der Waals surface area contributed by atoms with E-state index in [4.69, 9.17) is 0 Å². The first kappa shape index (κ1) is 21.5. The highest BCUT2D eigenvalue weighted by Gasteiger charge is 2.16. The molecule has 0 radical (unpaired) electrons. The second-order valence-electron chi connectivity index (χ2n) is 6.51. The average Bonchev–Trinajstić information content (AvgIpc) is 2.76. The van der Waals surface area contributed by atoms with Crippen molar-refractivity contribution in [3.63, 3.8) is 0 Å². The van der Waals surface area contributed by atoms with Crippen LogP contribution in [0.2, 0.25) is 0 Å². The highest BCUT2D eigenvalue weighted by molar-refractivity contribution is 9.10. The summed E-state index contributed by atoms with van der Waals surface area (Å²) >= 11 is 3.38. The number of carbonyl (C=O) groups excluding carboxylic acids is 2. The van der Waals surface area contributed by atoms with Crippen LogP contribution >= 0.6 is 15.9 Å². The monoisotopic (exact) mass is 466 g/mol. The number of halogens is 1. The maximum Gasteiger partial charge on any atom is 0.257 e. The number of hydrogen-bond acceptors (Lipinski definition) is 4. The van der Waals surface area contributed by atoms with Crippen LogP contribution < -0.4 is 15.5 Å². The summed E-state index contributed by atoms with van der Waals surface area (Å²) in [5, 5.41) is 5.67. The molecule has 2 N–H and O–H groups in total. The summed E-state index contributed by atoms with van der Waals surface area (Å²) in [5.74, 6) is 0.238. The molecule has 2 aromatic carbocycles. The van der Waals surface area contributed by atoms with E-state index < -0.39 is 0 Å². The molecule has 3 rings (SSSR count). The lowest BCUT2D eigenvalue weighted by Gasteiger charge is -2.19. The quantitative estimate of drug-likeness (QED) is 0.501. The SMILES string of the molecule is CCN(CC)c1ccc(NC(=O)c2ccccc2NC(=O)c2ccccc2Br)cn1. The standard InChI is InChI=1S/C23H23BrN4O2/c1-3-28(4-2)21-14-13-16(15-25-21)26-23(30)18-10-6-8-12-20(18)27-22(29)17-9-5-7-11-19(17)24/h5-15H,3-4H2,1-2H3,(H,26,30)(H,27,29). The van der Waals surface area contributed by atoms with Gasteiger partial charge in [-0.1, -0.05) is 24.3 Å². The van der Waals surface area contributed by atoms with Gasteiger partial charge in [0.25, 0.3) is 11.8 Å². The zero-order valence-electron chi connectivity index (χ0n) is 16.9. The molecule has 0 bridgehead atoms. The van der Waals surface area contributed by atoms with Gasteiger partial charge >= 0.3 is 0 Å². The Morgan fingerprint density at radius 2 is 1.50 bits per heavy atom. The molecule has 2 amide bonds. The van der Waals surface area contributed by atoms with Crippen LogP contribution in [0, 0.1) is 0 Å². The number of aromatic nitrogens is 1. The van der Waals surface area contributed by atoms with E-state index in [1.54, 1.807) is 48.7 Å². The maximum absolute atomic E-state index is 12.8. The molecular formula is C23H23BrN4O2. The molecule has 30 heavy (non-hydrogen) atoms. The van der Waals surface area contributed by atoms with E-state index in [2.05, 4.69) is 50.3 Å². The number of hydrogen-bond donors (Lipinski definition) is 2. The zero-order valence-corrected chi connectivity index (χ0v) is 18.4. The number of para-hydroxylation sites is 1. The fourth-order valence-corrected chi connectivity index (χ4v) is 3.48. The van der Waals surface area contributed by atoms with Gasteiger partial charge in [0.2, 0.25) is 0 Å². The first-order chi connectivity index (χ1) is 14.5. The van der Waals surface area contributed by atoms with Crippen molar-refractivity contribution in [2.24, 2.45) is 0 Å². The van der Waals surface area contributed by atoms with Gasteiger partial charge in [-0.05, 0) is 66.2 Å². The fourth-order valence-electron chi connectivity index (χ4n) is 3.02. The van der Waals surface area contributed by atoms with Gasteiger partial charge < -0.3 is 15.5 Å². The summed E-state index contributed by atoms with van der Waals surface area (Å²) < 4.78 is 0.684.